The Morgan fingerprint density at radius 3 is 2.93 bits per heavy atom. The number of nitrogens with zero attached hydrogens (tertiary/aromatic N) is 4. The van der Waals surface area contributed by atoms with Gasteiger partial charge in [0.05, 0.1) is 23.2 Å². The number of aromatic nitrogens is 4. The van der Waals surface area contributed by atoms with E-state index in [1.807, 2.05) is 0 Å². The molecule has 0 amide bonds. The minimum Gasteiger partial charge on any atom is -0.366 e. The number of thioether (sulfide) groups is 1. The summed E-state index contributed by atoms with van der Waals surface area (Å²) in [6.45, 7) is 2.26. The Labute approximate surface area is 174 Å². The molecular weight excluding hydrogens is 421 g/mol. The fourth-order valence-corrected chi connectivity index (χ4v) is 5.76. The molecule has 0 bridgehead atoms. The van der Waals surface area contributed by atoms with E-state index in [1.165, 1.54) is 24.6 Å². The molecule has 4 rings (SSSR count). The number of nitrogens with one attached hydrogen (secondary N) is 1. The lowest BCUT2D eigenvalue weighted by atomic mass is 10.1. The van der Waals surface area contributed by atoms with Crippen LogP contribution in [0, 0.1) is 5.92 Å². The molecule has 0 radical (unpaired) electrons. The zero-order valence-corrected chi connectivity index (χ0v) is 18.1. The van der Waals surface area contributed by atoms with Crippen molar-refractivity contribution in [1.29, 1.82) is 0 Å². The third-order valence-electron chi connectivity index (χ3n) is 5.48. The van der Waals surface area contributed by atoms with Crippen LogP contribution in [0.2, 0.25) is 5.28 Å². The van der Waals surface area contributed by atoms with E-state index < -0.39 is 8.38 Å². The van der Waals surface area contributed by atoms with Crippen molar-refractivity contribution in [2.45, 2.75) is 57.4 Å². The molecule has 1 saturated heterocycles. The second-order valence-corrected chi connectivity index (χ2v) is 10.3. The summed E-state index contributed by atoms with van der Waals surface area (Å²) in [6, 6.07) is 0.394. The van der Waals surface area contributed by atoms with Gasteiger partial charge >= 0.3 is 0 Å². The highest BCUT2D eigenvalue weighted by atomic mass is 35.5. The van der Waals surface area contributed by atoms with Crippen molar-refractivity contribution in [3.8, 4) is 0 Å². The van der Waals surface area contributed by atoms with Crippen molar-refractivity contribution >= 4 is 48.6 Å². The summed E-state index contributed by atoms with van der Waals surface area (Å²) in [5.41, 5.74) is 1.03. The molecule has 2 fully saturated rings. The van der Waals surface area contributed by atoms with Gasteiger partial charge in [-0.2, -0.15) is 15.1 Å². The van der Waals surface area contributed by atoms with E-state index in [4.69, 9.17) is 26.1 Å². The lowest BCUT2D eigenvalue weighted by Crippen LogP contribution is -2.22. The van der Waals surface area contributed by atoms with E-state index in [0.717, 1.165) is 36.2 Å². The minimum absolute atomic E-state index is 0.0680. The van der Waals surface area contributed by atoms with Crippen LogP contribution in [0.5, 0.6) is 0 Å². The molecule has 28 heavy (non-hydrogen) atoms. The highest BCUT2D eigenvalue weighted by molar-refractivity contribution is 8.03. The number of ether oxygens (including phenoxy) is 1. The van der Waals surface area contributed by atoms with E-state index in [0.29, 0.717) is 23.1 Å². The number of rotatable bonds is 7. The number of halogens is 1. The lowest BCUT2D eigenvalue weighted by molar-refractivity contribution is 0.00787. The summed E-state index contributed by atoms with van der Waals surface area (Å²) in [7, 11) is -1.86. The summed E-state index contributed by atoms with van der Waals surface area (Å²) in [4.78, 5) is 26.9. The smallest absolute Gasteiger partial charge is 0.226 e. The van der Waals surface area contributed by atoms with Crippen molar-refractivity contribution < 1.29 is 14.5 Å². The predicted molar refractivity (Wildman–Crippen MR) is 113 cm³/mol. The number of hydrogen-bond acceptors (Lipinski definition) is 8. The maximum Gasteiger partial charge on any atom is 0.226 e. The Morgan fingerprint density at radius 2 is 2.18 bits per heavy atom. The topological polar surface area (TPSA) is 105 Å². The van der Waals surface area contributed by atoms with Crippen molar-refractivity contribution in [2.24, 2.45) is 5.92 Å². The van der Waals surface area contributed by atoms with Gasteiger partial charge in [0.2, 0.25) is 5.28 Å². The Bertz CT molecular complexity index is 825. The summed E-state index contributed by atoms with van der Waals surface area (Å²) < 4.78 is 7.92. The summed E-state index contributed by atoms with van der Waals surface area (Å²) in [5.74, 6) is 2.08. The van der Waals surface area contributed by atoms with Crippen LogP contribution in [-0.4, -0.2) is 52.9 Å². The molecule has 3 N–H and O–H groups in total. The second kappa shape index (κ2) is 8.98. The lowest BCUT2D eigenvalue weighted by Gasteiger charge is -2.18. The van der Waals surface area contributed by atoms with Gasteiger partial charge in [-0.3, -0.25) is 0 Å². The van der Waals surface area contributed by atoms with Gasteiger partial charge in [-0.25, -0.2) is 4.68 Å². The normalized spacial score (nSPS) is 27.9. The summed E-state index contributed by atoms with van der Waals surface area (Å²) >= 11 is 7.72. The third-order valence-corrected chi connectivity index (χ3v) is 7.91. The minimum atomic E-state index is -1.86. The van der Waals surface area contributed by atoms with Crippen LogP contribution < -0.4 is 5.32 Å². The Kier molecular flexibility index (Phi) is 6.60. The van der Waals surface area contributed by atoms with Crippen LogP contribution in [0.3, 0.4) is 0 Å². The standard InChI is InChI=1S/C17H25ClN5O3PS/c1-10-3-2-4-13(10)20-15-12-7-19-23(16(12)22-17(18)21-15)14-6-5-11(26-14)8-28-9-27(24)25/h7,10-11,13-14,24-25H,2-6,8-9H2,1H3,(H,20,21,22). The molecule has 0 aromatic carbocycles. The Morgan fingerprint density at radius 1 is 1.32 bits per heavy atom. The molecule has 154 valence electrons. The monoisotopic (exact) mass is 445 g/mol. The zero-order chi connectivity index (χ0) is 19.7. The van der Waals surface area contributed by atoms with Crippen LogP contribution in [0.4, 0.5) is 5.82 Å². The first kappa shape index (κ1) is 20.6. The van der Waals surface area contributed by atoms with Crippen molar-refractivity contribution in [1.82, 2.24) is 19.7 Å². The van der Waals surface area contributed by atoms with Gasteiger partial charge in [0.25, 0.3) is 0 Å². The molecule has 1 aliphatic carbocycles. The molecule has 1 aliphatic heterocycles. The van der Waals surface area contributed by atoms with Crippen LogP contribution in [0.15, 0.2) is 6.20 Å². The molecule has 0 spiro atoms. The SMILES string of the molecule is CC1CCCC1Nc1nc(Cl)nc2c1cnn2C1CCC(CSCP(O)O)O1. The van der Waals surface area contributed by atoms with E-state index in [2.05, 4.69) is 27.3 Å². The van der Waals surface area contributed by atoms with Gasteiger partial charge in [0.1, 0.15) is 5.82 Å². The maximum atomic E-state index is 9.03. The highest BCUT2D eigenvalue weighted by Gasteiger charge is 2.30. The zero-order valence-electron chi connectivity index (χ0n) is 15.7. The first-order valence-electron chi connectivity index (χ1n) is 9.57. The van der Waals surface area contributed by atoms with Gasteiger partial charge in [-0.15, -0.1) is 11.8 Å². The Hall–Kier alpha value is -0.700. The Balaban J connectivity index is 1.50. The number of hydrogen-bond donors (Lipinski definition) is 3. The molecule has 11 heteroatoms. The van der Waals surface area contributed by atoms with Crippen LogP contribution in [0.1, 0.15) is 45.3 Å². The molecule has 4 unspecified atom stereocenters. The fraction of sp³-hybridized carbons (Fsp3) is 0.706. The second-order valence-electron chi connectivity index (χ2n) is 7.49. The van der Waals surface area contributed by atoms with E-state index in [-0.39, 0.29) is 17.6 Å². The van der Waals surface area contributed by atoms with Gasteiger partial charge < -0.3 is 19.8 Å². The number of fused-ring (bicyclic) bond motifs is 1. The first-order chi connectivity index (χ1) is 13.5. The van der Waals surface area contributed by atoms with Crippen LogP contribution in [0.25, 0.3) is 11.0 Å². The molecule has 1 saturated carbocycles. The average molecular weight is 446 g/mol. The van der Waals surface area contributed by atoms with E-state index >= 15 is 0 Å². The number of anilines is 1. The van der Waals surface area contributed by atoms with E-state index in [9.17, 15) is 0 Å². The molecule has 3 heterocycles. The predicted octanol–water partition coefficient (Wildman–Crippen LogP) is 3.75. The van der Waals surface area contributed by atoms with Crippen molar-refractivity contribution in [3.05, 3.63) is 11.5 Å². The van der Waals surface area contributed by atoms with Crippen molar-refractivity contribution in [2.75, 3.05) is 16.6 Å². The first-order valence-corrected chi connectivity index (χ1v) is 12.5. The molecule has 2 aliphatic rings. The fourth-order valence-electron chi connectivity index (χ4n) is 4.01. The quantitative estimate of drug-likeness (QED) is 0.437. The van der Waals surface area contributed by atoms with Gasteiger partial charge in [-0.05, 0) is 43.2 Å². The summed E-state index contributed by atoms with van der Waals surface area (Å²) in [6.07, 6.45) is 6.97. The molecular formula is C17H25ClN5O3PS. The van der Waals surface area contributed by atoms with Gasteiger partial charge in [0, 0.05) is 11.8 Å². The molecule has 2 aromatic heterocycles. The van der Waals surface area contributed by atoms with Gasteiger partial charge in [-0.1, -0.05) is 13.3 Å². The largest absolute Gasteiger partial charge is 0.366 e. The molecule has 2 aromatic rings. The molecule has 4 atom stereocenters. The maximum absolute atomic E-state index is 9.03. The van der Waals surface area contributed by atoms with Crippen molar-refractivity contribution in [3.63, 3.8) is 0 Å². The van der Waals surface area contributed by atoms with Gasteiger partial charge in [0.15, 0.2) is 20.3 Å². The third kappa shape index (κ3) is 4.55. The molecule has 8 nitrogen and oxygen atoms in total. The van der Waals surface area contributed by atoms with Crippen LogP contribution in [-0.2, 0) is 4.74 Å². The summed E-state index contributed by atoms with van der Waals surface area (Å²) in [5, 5.41) is 9.13. The van der Waals surface area contributed by atoms with E-state index in [1.54, 1.807) is 10.9 Å². The van der Waals surface area contributed by atoms with Crippen LogP contribution >= 0.6 is 31.7 Å². The average Bonchev–Trinajstić information content (AvgIpc) is 3.35. The highest BCUT2D eigenvalue weighted by Crippen LogP contribution is 2.36.